The highest BCUT2D eigenvalue weighted by atomic mass is 35.5. The van der Waals surface area contributed by atoms with Crippen LogP contribution in [-0.4, -0.2) is 11.5 Å². The number of hydrogen-bond donors (Lipinski definition) is 2. The minimum atomic E-state index is 0.123. The van der Waals surface area contributed by atoms with Crippen molar-refractivity contribution in [3.63, 3.8) is 0 Å². The summed E-state index contributed by atoms with van der Waals surface area (Å²) in [5, 5.41) is 4.16. The quantitative estimate of drug-likeness (QED) is 0.850. The molecule has 4 heteroatoms. The van der Waals surface area contributed by atoms with Gasteiger partial charge in [-0.25, -0.2) is 4.98 Å². The molecule has 21 heavy (non-hydrogen) atoms. The van der Waals surface area contributed by atoms with Gasteiger partial charge in [0.05, 0.1) is 5.02 Å². The summed E-state index contributed by atoms with van der Waals surface area (Å²) in [6.07, 6.45) is 3.52. The van der Waals surface area contributed by atoms with Gasteiger partial charge in [-0.05, 0) is 37.9 Å². The Labute approximate surface area is 131 Å². The number of nitrogens with two attached hydrogens (primary N) is 1. The molecule has 2 aromatic rings. The van der Waals surface area contributed by atoms with E-state index in [0.717, 1.165) is 24.9 Å². The highest BCUT2D eigenvalue weighted by Crippen LogP contribution is 2.25. The molecule has 2 rings (SSSR count). The van der Waals surface area contributed by atoms with Crippen LogP contribution in [0.4, 0.5) is 5.82 Å². The molecule has 3 nitrogen and oxygen atoms in total. The fraction of sp³-hybridized carbons (Fsp3) is 0.353. The van der Waals surface area contributed by atoms with E-state index in [0.29, 0.717) is 10.8 Å². The molecular formula is C17H22ClN3. The van der Waals surface area contributed by atoms with Crippen molar-refractivity contribution in [2.75, 3.05) is 12.3 Å². The molecule has 1 atom stereocenters. The summed E-state index contributed by atoms with van der Waals surface area (Å²) >= 11 is 6.08. The average Bonchev–Trinajstić information content (AvgIpc) is 2.46. The zero-order valence-electron chi connectivity index (χ0n) is 12.6. The lowest BCUT2D eigenvalue weighted by Crippen LogP contribution is -2.25. The minimum absolute atomic E-state index is 0.123. The third-order valence-corrected chi connectivity index (χ3v) is 3.66. The van der Waals surface area contributed by atoms with Crippen LogP contribution in [0.3, 0.4) is 0 Å². The van der Waals surface area contributed by atoms with Gasteiger partial charge in [-0.15, -0.1) is 0 Å². The monoisotopic (exact) mass is 303 g/mol. The first kappa shape index (κ1) is 15.8. The summed E-state index contributed by atoms with van der Waals surface area (Å²) in [4.78, 5) is 4.17. The Bertz CT molecular complexity index is 598. The Morgan fingerprint density at radius 2 is 2.14 bits per heavy atom. The predicted molar refractivity (Wildman–Crippen MR) is 89.6 cm³/mol. The van der Waals surface area contributed by atoms with E-state index >= 15 is 0 Å². The molecule has 0 aliphatic rings. The van der Waals surface area contributed by atoms with Crippen LogP contribution in [-0.2, 0) is 6.42 Å². The molecule has 0 fully saturated rings. The van der Waals surface area contributed by atoms with Crippen molar-refractivity contribution < 1.29 is 0 Å². The van der Waals surface area contributed by atoms with Crippen LogP contribution >= 0.6 is 11.6 Å². The van der Waals surface area contributed by atoms with Crippen LogP contribution in [0.5, 0.6) is 0 Å². The summed E-state index contributed by atoms with van der Waals surface area (Å²) in [5.41, 5.74) is 9.55. The largest absolute Gasteiger partial charge is 0.383 e. The molecule has 3 N–H and O–H groups in total. The van der Waals surface area contributed by atoms with E-state index < -0.39 is 0 Å². The maximum atomic E-state index is 6.08. The van der Waals surface area contributed by atoms with Crippen molar-refractivity contribution in [2.45, 2.75) is 32.7 Å². The van der Waals surface area contributed by atoms with Crippen LogP contribution < -0.4 is 11.1 Å². The van der Waals surface area contributed by atoms with Crippen molar-refractivity contribution in [3.05, 3.63) is 58.2 Å². The van der Waals surface area contributed by atoms with Gasteiger partial charge in [0.15, 0.2) is 0 Å². The number of benzene rings is 1. The lowest BCUT2D eigenvalue weighted by molar-refractivity contribution is 0.529. The topological polar surface area (TPSA) is 50.9 Å². The number of halogens is 1. The lowest BCUT2D eigenvalue weighted by Gasteiger charge is -2.20. The molecule has 0 amide bonds. The fourth-order valence-corrected chi connectivity index (χ4v) is 2.60. The second-order valence-corrected chi connectivity index (χ2v) is 5.76. The van der Waals surface area contributed by atoms with E-state index in [2.05, 4.69) is 48.4 Å². The molecule has 0 bridgehead atoms. The number of rotatable bonds is 6. The number of nitrogen functional groups attached to an aromatic ring is 1. The third kappa shape index (κ3) is 4.45. The highest BCUT2D eigenvalue weighted by molar-refractivity contribution is 6.30. The molecule has 0 spiro atoms. The van der Waals surface area contributed by atoms with E-state index in [1.807, 2.05) is 6.07 Å². The molecule has 1 heterocycles. The highest BCUT2D eigenvalue weighted by Gasteiger charge is 2.16. The molecule has 0 radical (unpaired) electrons. The molecule has 0 saturated carbocycles. The zero-order valence-corrected chi connectivity index (χ0v) is 13.3. The Morgan fingerprint density at radius 1 is 1.33 bits per heavy atom. The first-order chi connectivity index (χ1) is 10.1. The molecule has 1 aromatic heterocycles. The molecular weight excluding hydrogens is 282 g/mol. The van der Waals surface area contributed by atoms with E-state index in [1.165, 1.54) is 11.1 Å². The van der Waals surface area contributed by atoms with Crippen LogP contribution in [0.2, 0.25) is 5.02 Å². The van der Waals surface area contributed by atoms with Crippen molar-refractivity contribution in [2.24, 2.45) is 0 Å². The van der Waals surface area contributed by atoms with Gasteiger partial charge in [-0.2, -0.15) is 0 Å². The fourth-order valence-electron chi connectivity index (χ4n) is 2.43. The second-order valence-electron chi connectivity index (χ2n) is 5.33. The van der Waals surface area contributed by atoms with Crippen molar-refractivity contribution in [3.8, 4) is 0 Å². The standard InChI is InChI=1S/C17H22ClN3/c1-3-7-20-16(9-13-6-4-5-12(2)8-13)15-10-14(18)11-21-17(15)19/h4-6,8,10-11,16,20H,3,7,9H2,1-2H3,(H2,19,21). The first-order valence-corrected chi connectivity index (χ1v) is 7.67. The second kappa shape index (κ2) is 7.43. The van der Waals surface area contributed by atoms with Crippen LogP contribution in [0.25, 0.3) is 0 Å². The van der Waals surface area contributed by atoms with E-state index in [9.17, 15) is 0 Å². The summed E-state index contributed by atoms with van der Waals surface area (Å²) < 4.78 is 0. The first-order valence-electron chi connectivity index (χ1n) is 7.30. The Morgan fingerprint density at radius 3 is 2.86 bits per heavy atom. The normalized spacial score (nSPS) is 12.3. The van der Waals surface area contributed by atoms with Gasteiger partial charge in [0.1, 0.15) is 5.82 Å². The van der Waals surface area contributed by atoms with Gasteiger partial charge >= 0.3 is 0 Å². The van der Waals surface area contributed by atoms with Crippen molar-refractivity contribution in [1.82, 2.24) is 10.3 Å². The lowest BCUT2D eigenvalue weighted by atomic mass is 9.98. The number of nitrogens with zero attached hydrogens (tertiary/aromatic N) is 1. The van der Waals surface area contributed by atoms with Gasteiger partial charge < -0.3 is 11.1 Å². The zero-order chi connectivity index (χ0) is 15.2. The smallest absolute Gasteiger partial charge is 0.128 e. The maximum Gasteiger partial charge on any atom is 0.128 e. The molecule has 0 aliphatic carbocycles. The molecule has 112 valence electrons. The summed E-state index contributed by atoms with van der Waals surface area (Å²) in [6, 6.07) is 10.6. The number of hydrogen-bond acceptors (Lipinski definition) is 3. The number of nitrogens with one attached hydrogen (secondary N) is 1. The predicted octanol–water partition coefficient (Wildman–Crippen LogP) is 3.91. The number of pyridine rings is 1. The van der Waals surface area contributed by atoms with Gasteiger partial charge in [-0.3, -0.25) is 0 Å². The third-order valence-electron chi connectivity index (χ3n) is 3.45. The Kier molecular flexibility index (Phi) is 5.59. The van der Waals surface area contributed by atoms with E-state index in [4.69, 9.17) is 17.3 Å². The summed E-state index contributed by atoms with van der Waals surface area (Å²) in [7, 11) is 0. The molecule has 1 unspecified atom stereocenters. The van der Waals surface area contributed by atoms with Crippen LogP contribution in [0.1, 0.15) is 36.1 Å². The van der Waals surface area contributed by atoms with Gasteiger partial charge in [0.25, 0.3) is 0 Å². The van der Waals surface area contributed by atoms with E-state index in [1.54, 1.807) is 6.20 Å². The van der Waals surface area contributed by atoms with Gasteiger partial charge in [-0.1, -0.05) is 48.4 Å². The Balaban J connectivity index is 2.27. The summed E-state index contributed by atoms with van der Waals surface area (Å²) in [6.45, 7) is 5.19. The average molecular weight is 304 g/mol. The number of anilines is 1. The van der Waals surface area contributed by atoms with Crippen molar-refractivity contribution in [1.29, 1.82) is 0 Å². The molecule has 0 saturated heterocycles. The number of aromatic nitrogens is 1. The maximum absolute atomic E-state index is 6.08. The number of aryl methyl sites for hydroxylation is 1. The van der Waals surface area contributed by atoms with Crippen LogP contribution in [0, 0.1) is 6.92 Å². The summed E-state index contributed by atoms with van der Waals surface area (Å²) in [5.74, 6) is 0.542. The molecule has 1 aromatic carbocycles. The van der Waals surface area contributed by atoms with Gasteiger partial charge in [0.2, 0.25) is 0 Å². The SMILES string of the molecule is CCCNC(Cc1cccc(C)c1)c1cc(Cl)cnc1N. The van der Waals surface area contributed by atoms with Crippen molar-refractivity contribution >= 4 is 17.4 Å². The minimum Gasteiger partial charge on any atom is -0.383 e. The molecule has 0 aliphatic heterocycles. The van der Waals surface area contributed by atoms with E-state index in [-0.39, 0.29) is 6.04 Å². The van der Waals surface area contributed by atoms with Crippen LogP contribution in [0.15, 0.2) is 36.5 Å². The Hall–Kier alpha value is -1.58. The van der Waals surface area contributed by atoms with Gasteiger partial charge in [0, 0.05) is 17.8 Å².